The van der Waals surface area contributed by atoms with Crippen LogP contribution in [0.1, 0.15) is 21.5 Å². The fourth-order valence-corrected chi connectivity index (χ4v) is 3.18. The van der Waals surface area contributed by atoms with Crippen molar-refractivity contribution >= 4 is 45.9 Å². The third kappa shape index (κ3) is 3.61. The molecule has 1 amide bonds. The van der Waals surface area contributed by atoms with Gasteiger partial charge in [-0.25, -0.2) is 4.98 Å². The van der Waals surface area contributed by atoms with Gasteiger partial charge in [0.15, 0.2) is 5.58 Å². The summed E-state index contributed by atoms with van der Waals surface area (Å²) in [5.41, 5.74) is 5.13. The number of nitrogens with zero attached hydrogens (tertiary/aromatic N) is 1. The molecule has 0 spiro atoms. The van der Waals surface area contributed by atoms with E-state index in [9.17, 15) is 4.79 Å². The van der Waals surface area contributed by atoms with Gasteiger partial charge in [-0.3, -0.25) is 4.79 Å². The summed E-state index contributed by atoms with van der Waals surface area (Å²) >= 11 is 12.4. The zero-order valence-corrected chi connectivity index (χ0v) is 16.7. The van der Waals surface area contributed by atoms with Crippen molar-refractivity contribution in [1.29, 1.82) is 0 Å². The second-order valence-electron chi connectivity index (χ2n) is 6.60. The lowest BCUT2D eigenvalue weighted by Crippen LogP contribution is -2.12. The number of halogens is 2. The molecular weight excluding hydrogens is 395 g/mol. The van der Waals surface area contributed by atoms with Crippen LogP contribution in [0.2, 0.25) is 10.0 Å². The van der Waals surface area contributed by atoms with Crippen molar-refractivity contribution in [3.8, 4) is 11.5 Å². The Morgan fingerprint density at radius 3 is 2.57 bits per heavy atom. The summed E-state index contributed by atoms with van der Waals surface area (Å²) < 4.78 is 5.86. The molecule has 6 heteroatoms. The lowest BCUT2D eigenvalue weighted by Gasteiger charge is -2.09. The number of benzene rings is 3. The number of aryl methyl sites for hydroxylation is 2. The van der Waals surface area contributed by atoms with E-state index >= 15 is 0 Å². The maximum absolute atomic E-state index is 12.6. The standard InChI is InChI=1S/C22H16Cl2N2O2/c1-12-3-8-18-20(9-12)28-22(26-18)15-6-7-16(23)19(11-15)25-21(27)14-5-4-13(2)17(24)10-14/h3-11H,1-2H3,(H,25,27). The van der Waals surface area contributed by atoms with Crippen LogP contribution in [0.4, 0.5) is 5.69 Å². The largest absolute Gasteiger partial charge is 0.436 e. The SMILES string of the molecule is Cc1ccc2nc(-c3ccc(Cl)c(NC(=O)c4ccc(C)c(Cl)c4)c3)oc2c1. The van der Waals surface area contributed by atoms with E-state index in [0.29, 0.717) is 32.8 Å². The van der Waals surface area contributed by atoms with Gasteiger partial charge in [-0.05, 0) is 67.4 Å². The van der Waals surface area contributed by atoms with Crippen molar-refractivity contribution in [2.24, 2.45) is 0 Å². The predicted octanol–water partition coefficient (Wildman–Crippen LogP) is 6.67. The molecule has 0 aliphatic heterocycles. The van der Waals surface area contributed by atoms with Crippen molar-refractivity contribution < 1.29 is 9.21 Å². The first-order valence-electron chi connectivity index (χ1n) is 8.65. The van der Waals surface area contributed by atoms with Gasteiger partial charge in [-0.2, -0.15) is 0 Å². The number of fused-ring (bicyclic) bond motifs is 1. The van der Waals surface area contributed by atoms with Crippen LogP contribution >= 0.6 is 23.2 Å². The van der Waals surface area contributed by atoms with E-state index in [1.54, 1.807) is 36.4 Å². The third-order valence-corrected chi connectivity index (χ3v) is 5.18. The summed E-state index contributed by atoms with van der Waals surface area (Å²) in [6, 6.07) is 16.2. The zero-order chi connectivity index (χ0) is 19.8. The molecule has 0 fully saturated rings. The highest BCUT2D eigenvalue weighted by atomic mass is 35.5. The Balaban J connectivity index is 1.66. The first-order chi connectivity index (χ1) is 13.4. The van der Waals surface area contributed by atoms with Crippen LogP contribution < -0.4 is 5.32 Å². The number of hydrogen-bond donors (Lipinski definition) is 1. The second kappa shape index (κ2) is 7.30. The van der Waals surface area contributed by atoms with Crippen molar-refractivity contribution in [1.82, 2.24) is 4.98 Å². The molecule has 0 radical (unpaired) electrons. The van der Waals surface area contributed by atoms with Gasteiger partial charge >= 0.3 is 0 Å². The number of hydrogen-bond acceptors (Lipinski definition) is 3. The fraction of sp³-hybridized carbons (Fsp3) is 0.0909. The number of carbonyl (C=O) groups excluding carboxylic acids is 1. The molecule has 3 aromatic carbocycles. The monoisotopic (exact) mass is 410 g/mol. The zero-order valence-electron chi connectivity index (χ0n) is 15.2. The van der Waals surface area contributed by atoms with Crippen LogP contribution in [0.3, 0.4) is 0 Å². The molecule has 0 bridgehead atoms. The van der Waals surface area contributed by atoms with Gasteiger partial charge < -0.3 is 9.73 Å². The van der Waals surface area contributed by atoms with Crippen LogP contribution in [0.25, 0.3) is 22.6 Å². The highest BCUT2D eigenvalue weighted by molar-refractivity contribution is 6.34. The number of aromatic nitrogens is 1. The summed E-state index contributed by atoms with van der Waals surface area (Å²) in [5.74, 6) is 0.167. The van der Waals surface area contributed by atoms with Crippen LogP contribution in [0, 0.1) is 13.8 Å². The van der Waals surface area contributed by atoms with E-state index < -0.39 is 0 Å². The Hall–Kier alpha value is -2.82. The Morgan fingerprint density at radius 1 is 0.964 bits per heavy atom. The molecule has 0 atom stereocenters. The van der Waals surface area contributed by atoms with Gasteiger partial charge in [0, 0.05) is 16.1 Å². The van der Waals surface area contributed by atoms with Gasteiger partial charge in [0.2, 0.25) is 5.89 Å². The van der Waals surface area contributed by atoms with Crippen molar-refractivity contribution in [2.75, 3.05) is 5.32 Å². The lowest BCUT2D eigenvalue weighted by molar-refractivity contribution is 0.102. The molecule has 0 saturated heterocycles. The van der Waals surface area contributed by atoms with Gasteiger partial charge in [0.05, 0.1) is 10.7 Å². The average molecular weight is 411 g/mol. The highest BCUT2D eigenvalue weighted by Crippen LogP contribution is 2.31. The van der Waals surface area contributed by atoms with Crippen LogP contribution in [0.5, 0.6) is 0 Å². The maximum Gasteiger partial charge on any atom is 0.255 e. The minimum Gasteiger partial charge on any atom is -0.436 e. The van der Waals surface area contributed by atoms with E-state index in [-0.39, 0.29) is 5.91 Å². The Morgan fingerprint density at radius 2 is 1.79 bits per heavy atom. The highest BCUT2D eigenvalue weighted by Gasteiger charge is 2.14. The molecular formula is C22H16Cl2N2O2. The molecule has 0 aliphatic rings. The van der Waals surface area contributed by atoms with Crippen molar-refractivity contribution in [2.45, 2.75) is 13.8 Å². The molecule has 4 nitrogen and oxygen atoms in total. The lowest BCUT2D eigenvalue weighted by atomic mass is 10.1. The molecule has 140 valence electrons. The second-order valence-corrected chi connectivity index (χ2v) is 7.42. The Bertz CT molecular complexity index is 1210. The van der Waals surface area contributed by atoms with Crippen LogP contribution in [0.15, 0.2) is 59.0 Å². The topological polar surface area (TPSA) is 55.1 Å². The molecule has 1 N–H and O–H groups in total. The minimum atomic E-state index is -0.297. The first kappa shape index (κ1) is 18.5. The van der Waals surface area contributed by atoms with Crippen molar-refractivity contribution in [3.63, 3.8) is 0 Å². The van der Waals surface area contributed by atoms with Crippen LogP contribution in [-0.4, -0.2) is 10.9 Å². The smallest absolute Gasteiger partial charge is 0.255 e. The van der Waals surface area contributed by atoms with E-state index in [0.717, 1.165) is 22.2 Å². The molecule has 0 saturated carbocycles. The fourth-order valence-electron chi connectivity index (χ4n) is 2.84. The van der Waals surface area contributed by atoms with Gasteiger partial charge in [0.1, 0.15) is 5.52 Å². The number of amides is 1. The molecule has 4 rings (SSSR count). The summed E-state index contributed by atoms with van der Waals surface area (Å²) in [6.07, 6.45) is 0. The predicted molar refractivity (Wildman–Crippen MR) is 113 cm³/mol. The number of rotatable bonds is 3. The Kier molecular flexibility index (Phi) is 4.84. The average Bonchev–Trinajstić information content (AvgIpc) is 3.08. The van der Waals surface area contributed by atoms with E-state index in [2.05, 4.69) is 10.3 Å². The normalized spacial score (nSPS) is 11.0. The van der Waals surface area contributed by atoms with Crippen molar-refractivity contribution in [3.05, 3.63) is 81.3 Å². The number of carbonyl (C=O) groups is 1. The third-order valence-electron chi connectivity index (χ3n) is 4.44. The number of anilines is 1. The van der Waals surface area contributed by atoms with Gasteiger partial charge in [-0.1, -0.05) is 35.3 Å². The molecule has 28 heavy (non-hydrogen) atoms. The minimum absolute atomic E-state index is 0.297. The molecule has 0 aliphatic carbocycles. The summed E-state index contributed by atoms with van der Waals surface area (Å²) in [5, 5.41) is 3.78. The van der Waals surface area contributed by atoms with Gasteiger partial charge in [0.25, 0.3) is 5.91 Å². The number of oxazole rings is 1. The quantitative estimate of drug-likeness (QED) is 0.410. The van der Waals surface area contributed by atoms with Crippen LogP contribution in [-0.2, 0) is 0 Å². The summed E-state index contributed by atoms with van der Waals surface area (Å²) in [4.78, 5) is 17.1. The summed E-state index contributed by atoms with van der Waals surface area (Å²) in [7, 11) is 0. The van der Waals surface area contributed by atoms with E-state index in [4.69, 9.17) is 27.6 Å². The maximum atomic E-state index is 12.6. The summed E-state index contributed by atoms with van der Waals surface area (Å²) in [6.45, 7) is 3.88. The van der Waals surface area contributed by atoms with E-state index in [1.807, 2.05) is 32.0 Å². The molecule has 1 heterocycles. The number of nitrogens with one attached hydrogen (secondary N) is 1. The molecule has 1 aromatic heterocycles. The molecule has 4 aromatic rings. The van der Waals surface area contributed by atoms with Gasteiger partial charge in [-0.15, -0.1) is 0 Å². The molecule has 0 unspecified atom stereocenters. The van der Waals surface area contributed by atoms with E-state index in [1.165, 1.54) is 0 Å². The Labute approximate surface area is 172 Å². The first-order valence-corrected chi connectivity index (χ1v) is 9.41.